The minimum Gasteiger partial charge on any atom is -0.354 e. The molecule has 214 valence electrons. The van der Waals surface area contributed by atoms with Crippen LogP contribution in [0.1, 0.15) is 43.7 Å². The highest BCUT2D eigenvalue weighted by molar-refractivity contribution is 7.92. The smallest absolute Gasteiger partial charge is 0.243 e. The number of carbonyl (C=O) groups is 2. The molecule has 0 heterocycles. The number of rotatable bonds is 15. The molecule has 3 aromatic carbocycles. The molecule has 0 aliphatic carbocycles. The van der Waals surface area contributed by atoms with Gasteiger partial charge in [0.2, 0.25) is 21.8 Å². The Labute approximate surface area is 243 Å². The predicted molar refractivity (Wildman–Crippen MR) is 162 cm³/mol. The van der Waals surface area contributed by atoms with Crippen molar-refractivity contribution < 1.29 is 18.0 Å². The standard InChI is InChI=1S/C31H38ClN3O4S/c1-3-4-21-33-31(37)29(23-25-14-7-5-8-15-25)34(24-26-16-11-12-19-28(26)32)30(36)20-13-22-35(40(2,38)39)27-17-9-6-10-18-27/h5-12,14-19,29H,3-4,13,20-24H2,1-2H3,(H,33,37)/t29-/m0/s1. The zero-order chi connectivity index (χ0) is 29.0. The van der Waals surface area contributed by atoms with Gasteiger partial charge in [0.1, 0.15) is 6.04 Å². The van der Waals surface area contributed by atoms with Gasteiger partial charge in [0.05, 0.1) is 11.9 Å². The number of nitrogens with zero attached hydrogens (tertiary/aromatic N) is 2. The topological polar surface area (TPSA) is 86.8 Å². The Kier molecular flexibility index (Phi) is 12.0. The molecule has 0 radical (unpaired) electrons. The molecule has 0 spiro atoms. The Morgan fingerprint density at radius 1 is 0.900 bits per heavy atom. The lowest BCUT2D eigenvalue weighted by Crippen LogP contribution is -2.50. The normalized spacial score (nSPS) is 12.0. The van der Waals surface area contributed by atoms with Crippen molar-refractivity contribution in [1.29, 1.82) is 0 Å². The van der Waals surface area contributed by atoms with Crippen LogP contribution in [0.3, 0.4) is 0 Å². The molecular weight excluding hydrogens is 546 g/mol. The fourth-order valence-corrected chi connectivity index (χ4v) is 5.63. The molecular formula is C31H38ClN3O4S. The van der Waals surface area contributed by atoms with Crippen LogP contribution in [0.5, 0.6) is 0 Å². The fourth-order valence-electron chi connectivity index (χ4n) is 4.47. The van der Waals surface area contributed by atoms with Crippen molar-refractivity contribution in [2.75, 3.05) is 23.7 Å². The Morgan fingerprint density at radius 3 is 2.15 bits per heavy atom. The number of sulfonamides is 1. The minimum absolute atomic E-state index is 0.0663. The number of benzene rings is 3. The molecule has 0 fully saturated rings. The summed E-state index contributed by atoms with van der Waals surface area (Å²) in [7, 11) is -3.55. The van der Waals surface area contributed by atoms with Crippen molar-refractivity contribution >= 4 is 39.1 Å². The summed E-state index contributed by atoms with van der Waals surface area (Å²) in [5, 5.41) is 3.51. The van der Waals surface area contributed by atoms with E-state index in [1.165, 1.54) is 4.31 Å². The number of hydrogen-bond donors (Lipinski definition) is 1. The highest BCUT2D eigenvalue weighted by atomic mass is 35.5. The summed E-state index contributed by atoms with van der Waals surface area (Å²) < 4.78 is 26.3. The van der Waals surface area contributed by atoms with Crippen molar-refractivity contribution in [3.63, 3.8) is 0 Å². The fraction of sp³-hybridized carbons (Fsp3) is 0.355. The van der Waals surface area contributed by atoms with Gasteiger partial charge in [-0.3, -0.25) is 13.9 Å². The lowest BCUT2D eigenvalue weighted by molar-refractivity contribution is -0.141. The van der Waals surface area contributed by atoms with Gasteiger partial charge in [-0.05, 0) is 42.2 Å². The quantitative estimate of drug-likeness (QED) is 0.241. The van der Waals surface area contributed by atoms with Gasteiger partial charge in [0.15, 0.2) is 0 Å². The summed E-state index contributed by atoms with van der Waals surface area (Å²) in [5.74, 6) is -0.465. The van der Waals surface area contributed by atoms with Gasteiger partial charge in [0.25, 0.3) is 0 Å². The van der Waals surface area contributed by atoms with Crippen LogP contribution in [-0.4, -0.2) is 50.5 Å². The van der Waals surface area contributed by atoms with E-state index < -0.39 is 16.1 Å². The second-order valence-corrected chi connectivity index (χ2v) is 12.1. The van der Waals surface area contributed by atoms with E-state index in [4.69, 9.17) is 11.6 Å². The zero-order valence-corrected chi connectivity index (χ0v) is 24.7. The van der Waals surface area contributed by atoms with Gasteiger partial charge in [-0.15, -0.1) is 0 Å². The van der Waals surface area contributed by atoms with E-state index in [0.29, 0.717) is 23.7 Å². The maximum Gasteiger partial charge on any atom is 0.243 e. The molecule has 0 aromatic heterocycles. The second-order valence-electron chi connectivity index (χ2n) is 9.74. The first-order chi connectivity index (χ1) is 19.2. The molecule has 3 aromatic rings. The third-order valence-electron chi connectivity index (χ3n) is 6.60. The number of halogens is 1. The summed E-state index contributed by atoms with van der Waals surface area (Å²) in [6.45, 7) is 2.87. The first-order valence-electron chi connectivity index (χ1n) is 13.6. The lowest BCUT2D eigenvalue weighted by atomic mass is 10.0. The SMILES string of the molecule is CCCCNC(=O)[C@H](Cc1ccccc1)N(Cc1ccccc1Cl)C(=O)CCCN(c1ccccc1)S(C)(=O)=O. The van der Waals surface area contributed by atoms with Crippen molar-refractivity contribution in [2.24, 2.45) is 0 Å². The highest BCUT2D eigenvalue weighted by Gasteiger charge is 2.30. The van der Waals surface area contributed by atoms with Gasteiger partial charge in [-0.2, -0.15) is 0 Å². The van der Waals surface area contributed by atoms with E-state index in [9.17, 15) is 18.0 Å². The van der Waals surface area contributed by atoms with Crippen LogP contribution in [0, 0.1) is 0 Å². The second kappa shape index (κ2) is 15.4. The van der Waals surface area contributed by atoms with Gasteiger partial charge in [-0.1, -0.05) is 91.7 Å². The van der Waals surface area contributed by atoms with Crippen LogP contribution < -0.4 is 9.62 Å². The molecule has 0 unspecified atom stereocenters. The predicted octanol–water partition coefficient (Wildman–Crippen LogP) is 5.44. The molecule has 1 atom stereocenters. The van der Waals surface area contributed by atoms with Crippen LogP contribution in [-0.2, 0) is 32.6 Å². The molecule has 7 nitrogen and oxygen atoms in total. The summed E-state index contributed by atoms with van der Waals surface area (Å²) in [5.41, 5.74) is 2.21. The average Bonchev–Trinajstić information content (AvgIpc) is 2.94. The van der Waals surface area contributed by atoms with E-state index in [2.05, 4.69) is 12.2 Å². The monoisotopic (exact) mass is 583 g/mol. The molecule has 9 heteroatoms. The molecule has 0 aliphatic rings. The van der Waals surface area contributed by atoms with Crippen LogP contribution in [0.2, 0.25) is 5.02 Å². The number of nitrogens with one attached hydrogen (secondary N) is 1. The maximum atomic E-state index is 13.8. The molecule has 0 saturated heterocycles. The number of carbonyl (C=O) groups excluding carboxylic acids is 2. The molecule has 2 amide bonds. The Hall–Kier alpha value is -3.36. The van der Waals surface area contributed by atoms with E-state index in [0.717, 1.165) is 30.2 Å². The minimum atomic E-state index is -3.55. The van der Waals surface area contributed by atoms with Crippen molar-refractivity contribution in [3.8, 4) is 0 Å². The highest BCUT2D eigenvalue weighted by Crippen LogP contribution is 2.22. The molecule has 0 aliphatic heterocycles. The van der Waals surface area contributed by atoms with E-state index in [-0.39, 0.29) is 37.7 Å². The zero-order valence-electron chi connectivity index (χ0n) is 23.1. The third kappa shape index (κ3) is 9.38. The number of amides is 2. The number of para-hydroxylation sites is 1. The maximum absolute atomic E-state index is 13.8. The van der Waals surface area contributed by atoms with Gasteiger partial charge in [-0.25, -0.2) is 8.42 Å². The summed E-state index contributed by atoms with van der Waals surface area (Å²) >= 11 is 6.47. The number of hydrogen-bond acceptors (Lipinski definition) is 4. The molecule has 0 saturated carbocycles. The van der Waals surface area contributed by atoms with E-state index >= 15 is 0 Å². The molecule has 1 N–H and O–H groups in total. The van der Waals surface area contributed by atoms with Crippen molar-refractivity contribution in [2.45, 2.75) is 51.6 Å². The summed E-state index contributed by atoms with van der Waals surface area (Å²) in [6, 6.07) is 24.9. The molecule has 40 heavy (non-hydrogen) atoms. The number of unbranched alkanes of at least 4 members (excludes halogenated alkanes) is 1. The van der Waals surface area contributed by atoms with Crippen molar-refractivity contribution in [3.05, 3.63) is 101 Å². The lowest BCUT2D eigenvalue weighted by Gasteiger charge is -2.32. The van der Waals surface area contributed by atoms with Crippen LogP contribution in [0.15, 0.2) is 84.9 Å². The van der Waals surface area contributed by atoms with Crippen LogP contribution >= 0.6 is 11.6 Å². The van der Waals surface area contributed by atoms with Crippen molar-refractivity contribution in [1.82, 2.24) is 10.2 Å². The molecule has 0 bridgehead atoms. The Balaban J connectivity index is 1.87. The van der Waals surface area contributed by atoms with Gasteiger partial charge >= 0.3 is 0 Å². The Morgan fingerprint density at radius 2 is 1.52 bits per heavy atom. The average molecular weight is 584 g/mol. The first-order valence-corrected chi connectivity index (χ1v) is 15.8. The third-order valence-corrected chi connectivity index (χ3v) is 8.16. The summed E-state index contributed by atoms with van der Waals surface area (Å²) in [6.07, 6.45) is 3.62. The van der Waals surface area contributed by atoms with Crippen LogP contribution in [0.4, 0.5) is 5.69 Å². The summed E-state index contributed by atoms with van der Waals surface area (Å²) in [4.78, 5) is 28.9. The Bertz CT molecular complexity index is 1340. The molecule has 3 rings (SSSR count). The van der Waals surface area contributed by atoms with Crippen LogP contribution in [0.25, 0.3) is 0 Å². The van der Waals surface area contributed by atoms with Gasteiger partial charge < -0.3 is 10.2 Å². The van der Waals surface area contributed by atoms with E-state index in [1.54, 1.807) is 35.2 Å². The largest absolute Gasteiger partial charge is 0.354 e. The van der Waals surface area contributed by atoms with Gasteiger partial charge in [0, 0.05) is 37.5 Å². The number of anilines is 1. The first kappa shape index (κ1) is 31.2. The van der Waals surface area contributed by atoms with E-state index in [1.807, 2.05) is 54.6 Å².